The van der Waals surface area contributed by atoms with Crippen LogP contribution in [-0.2, 0) is 17.6 Å². The first-order chi connectivity index (χ1) is 13.6. The summed E-state index contributed by atoms with van der Waals surface area (Å²) in [5.41, 5.74) is 1.48. The van der Waals surface area contributed by atoms with E-state index in [0.717, 1.165) is 75.3 Å². The number of hydrogen-bond acceptors (Lipinski definition) is 4. The summed E-state index contributed by atoms with van der Waals surface area (Å²) < 4.78 is 0. The number of aliphatic carboxylic acids is 1. The van der Waals surface area contributed by atoms with E-state index < -0.39 is 17.1 Å². The maximum Gasteiger partial charge on any atom is 0.309 e. The summed E-state index contributed by atoms with van der Waals surface area (Å²) in [6.45, 7) is 6.70. The third-order valence-electron chi connectivity index (χ3n) is 6.21. The van der Waals surface area contributed by atoms with Crippen LogP contribution in [0.5, 0.6) is 17.2 Å². The Morgan fingerprint density at radius 1 is 0.931 bits per heavy atom. The van der Waals surface area contributed by atoms with Gasteiger partial charge in [-0.2, -0.15) is 0 Å². The minimum atomic E-state index is -0.667. The molecule has 164 valence electrons. The zero-order valence-electron chi connectivity index (χ0n) is 18.3. The largest absolute Gasteiger partial charge is 0.504 e. The molecule has 0 spiro atoms. The van der Waals surface area contributed by atoms with E-state index in [2.05, 4.69) is 20.8 Å². The van der Waals surface area contributed by atoms with Gasteiger partial charge in [-0.25, -0.2) is 0 Å². The lowest BCUT2D eigenvalue weighted by Crippen LogP contribution is -2.14. The monoisotopic (exact) mass is 406 g/mol. The Hall–Kier alpha value is -1.91. The second kappa shape index (κ2) is 9.73. The quantitative estimate of drug-likeness (QED) is 0.255. The average Bonchev–Trinajstić information content (AvgIpc) is 3.41. The second-order valence-corrected chi connectivity index (χ2v) is 10.00. The van der Waals surface area contributed by atoms with Crippen molar-refractivity contribution in [1.29, 1.82) is 0 Å². The molecule has 0 aromatic heterocycles. The van der Waals surface area contributed by atoms with Gasteiger partial charge in [0.1, 0.15) is 0 Å². The van der Waals surface area contributed by atoms with Crippen LogP contribution in [0.4, 0.5) is 0 Å². The van der Waals surface area contributed by atoms with Crippen molar-refractivity contribution in [3.05, 3.63) is 17.2 Å². The molecule has 1 aliphatic carbocycles. The minimum absolute atomic E-state index is 0.196. The van der Waals surface area contributed by atoms with Crippen LogP contribution in [0.2, 0.25) is 0 Å². The van der Waals surface area contributed by atoms with Gasteiger partial charge in [0.2, 0.25) is 5.75 Å². The number of phenols is 3. The number of hydrogen-bond donors (Lipinski definition) is 4. The second-order valence-electron chi connectivity index (χ2n) is 10.00. The van der Waals surface area contributed by atoms with E-state index in [0.29, 0.717) is 18.3 Å². The van der Waals surface area contributed by atoms with Gasteiger partial charge in [-0.3, -0.25) is 4.79 Å². The third kappa shape index (κ3) is 6.83. The van der Waals surface area contributed by atoms with Gasteiger partial charge >= 0.3 is 5.97 Å². The normalized spacial score (nSPS) is 15.4. The zero-order valence-corrected chi connectivity index (χ0v) is 18.3. The molecule has 0 aliphatic heterocycles. The SMILES string of the molecule is CC(C)(C)CCCCCc1c(CCCCCC2(C(=O)O)CC2)cc(O)c(O)c1O. The molecule has 0 bridgehead atoms. The Morgan fingerprint density at radius 2 is 1.55 bits per heavy atom. The van der Waals surface area contributed by atoms with Crippen LogP contribution < -0.4 is 0 Å². The number of aromatic hydroxyl groups is 3. The van der Waals surface area contributed by atoms with Gasteiger partial charge in [0, 0.05) is 5.56 Å². The topological polar surface area (TPSA) is 98.0 Å². The van der Waals surface area contributed by atoms with E-state index in [1.165, 1.54) is 0 Å². The van der Waals surface area contributed by atoms with Crippen molar-refractivity contribution in [2.24, 2.45) is 10.8 Å². The van der Waals surface area contributed by atoms with E-state index in [4.69, 9.17) is 0 Å². The van der Waals surface area contributed by atoms with Crippen LogP contribution >= 0.6 is 0 Å². The predicted octanol–water partition coefficient (Wildman–Crippen LogP) is 5.92. The number of carboxylic acid groups (broad SMARTS) is 1. The maximum atomic E-state index is 11.2. The Labute approximate surface area is 174 Å². The smallest absolute Gasteiger partial charge is 0.309 e. The third-order valence-corrected chi connectivity index (χ3v) is 6.21. The van der Waals surface area contributed by atoms with Crippen LogP contribution in [0.3, 0.4) is 0 Å². The summed E-state index contributed by atoms with van der Waals surface area (Å²) in [5.74, 6) is -1.58. The molecule has 5 nitrogen and oxygen atoms in total. The van der Waals surface area contributed by atoms with Crippen molar-refractivity contribution in [1.82, 2.24) is 0 Å². The lowest BCUT2D eigenvalue weighted by atomic mass is 9.88. The molecule has 1 fully saturated rings. The molecule has 1 aliphatic rings. The Bertz CT molecular complexity index is 698. The van der Waals surface area contributed by atoms with Crippen LogP contribution in [0.1, 0.15) is 96.1 Å². The standard InChI is InChI=1S/C24H38O5/c1-23(2,3)12-8-5-7-11-18-17(16-19(25)21(27)20(18)26)10-6-4-9-13-24(14-15-24)22(28)29/h16,25-27H,4-15H2,1-3H3,(H,28,29). The summed E-state index contributed by atoms with van der Waals surface area (Å²) in [4.78, 5) is 11.2. The van der Waals surface area contributed by atoms with E-state index in [1.807, 2.05) is 0 Å². The van der Waals surface area contributed by atoms with Crippen LogP contribution in [0.25, 0.3) is 0 Å². The van der Waals surface area contributed by atoms with Crippen LogP contribution in [0.15, 0.2) is 6.07 Å². The summed E-state index contributed by atoms with van der Waals surface area (Å²) in [6.07, 6.45) is 10.7. The molecule has 4 N–H and O–H groups in total. The molecule has 1 aromatic carbocycles. The highest BCUT2D eigenvalue weighted by atomic mass is 16.4. The molecular formula is C24H38O5. The van der Waals surface area contributed by atoms with Gasteiger partial charge in [0.15, 0.2) is 11.5 Å². The number of unbranched alkanes of at least 4 members (excludes halogenated alkanes) is 4. The molecule has 0 radical (unpaired) electrons. The summed E-state index contributed by atoms with van der Waals surface area (Å²) in [7, 11) is 0. The van der Waals surface area contributed by atoms with E-state index in [1.54, 1.807) is 6.07 Å². The number of aryl methyl sites for hydroxylation is 1. The number of benzene rings is 1. The number of phenolic OH excluding ortho intramolecular Hbond substituents is 3. The highest BCUT2D eigenvalue weighted by molar-refractivity contribution is 5.77. The van der Waals surface area contributed by atoms with E-state index in [-0.39, 0.29) is 11.5 Å². The number of rotatable bonds is 12. The molecule has 29 heavy (non-hydrogen) atoms. The first-order valence-corrected chi connectivity index (χ1v) is 11.0. The molecule has 0 atom stereocenters. The van der Waals surface area contributed by atoms with Gasteiger partial charge in [0.25, 0.3) is 0 Å². The number of carboxylic acids is 1. The highest BCUT2D eigenvalue weighted by Gasteiger charge is 2.49. The number of carbonyl (C=O) groups is 1. The molecule has 0 unspecified atom stereocenters. The fourth-order valence-electron chi connectivity index (χ4n) is 4.05. The Kier molecular flexibility index (Phi) is 7.84. The molecule has 1 aromatic rings. The Balaban J connectivity index is 1.86. The summed E-state index contributed by atoms with van der Waals surface area (Å²) >= 11 is 0. The van der Waals surface area contributed by atoms with Crippen molar-refractivity contribution >= 4 is 5.97 Å². The maximum absolute atomic E-state index is 11.2. The first-order valence-electron chi connectivity index (χ1n) is 11.0. The Morgan fingerprint density at radius 3 is 2.14 bits per heavy atom. The van der Waals surface area contributed by atoms with Gasteiger partial charge in [-0.05, 0) is 68.4 Å². The first kappa shape index (κ1) is 23.4. The van der Waals surface area contributed by atoms with Crippen molar-refractivity contribution in [3.63, 3.8) is 0 Å². The van der Waals surface area contributed by atoms with Crippen molar-refractivity contribution in [2.45, 2.75) is 97.8 Å². The molecule has 1 saturated carbocycles. The fourth-order valence-corrected chi connectivity index (χ4v) is 4.05. The van der Waals surface area contributed by atoms with Crippen molar-refractivity contribution < 1.29 is 25.2 Å². The van der Waals surface area contributed by atoms with Gasteiger partial charge in [0.05, 0.1) is 5.41 Å². The predicted molar refractivity (Wildman–Crippen MR) is 115 cm³/mol. The van der Waals surface area contributed by atoms with Crippen LogP contribution in [0, 0.1) is 10.8 Å². The molecule has 2 rings (SSSR count). The van der Waals surface area contributed by atoms with Gasteiger partial charge in [-0.15, -0.1) is 0 Å². The minimum Gasteiger partial charge on any atom is -0.504 e. The zero-order chi connectivity index (χ0) is 21.7. The highest BCUT2D eigenvalue weighted by Crippen LogP contribution is 2.50. The molecule has 5 heteroatoms. The van der Waals surface area contributed by atoms with Crippen molar-refractivity contribution in [3.8, 4) is 17.2 Å². The fraction of sp³-hybridized carbons (Fsp3) is 0.708. The summed E-state index contributed by atoms with van der Waals surface area (Å²) in [5, 5.41) is 39.4. The van der Waals surface area contributed by atoms with Crippen LogP contribution in [-0.4, -0.2) is 26.4 Å². The average molecular weight is 407 g/mol. The van der Waals surface area contributed by atoms with E-state index in [9.17, 15) is 25.2 Å². The van der Waals surface area contributed by atoms with Gasteiger partial charge < -0.3 is 20.4 Å². The van der Waals surface area contributed by atoms with Gasteiger partial charge in [-0.1, -0.05) is 46.5 Å². The summed E-state index contributed by atoms with van der Waals surface area (Å²) in [6, 6.07) is 1.57. The van der Waals surface area contributed by atoms with Crippen molar-refractivity contribution in [2.75, 3.05) is 0 Å². The lowest BCUT2D eigenvalue weighted by Gasteiger charge is -2.18. The molecule has 0 heterocycles. The molecular weight excluding hydrogens is 368 g/mol. The molecule has 0 amide bonds. The lowest BCUT2D eigenvalue weighted by molar-refractivity contribution is -0.143. The van der Waals surface area contributed by atoms with E-state index >= 15 is 0 Å². The molecule has 0 saturated heterocycles.